The van der Waals surface area contributed by atoms with Crippen LogP contribution in [-0.4, -0.2) is 26.9 Å². The third-order valence-electron chi connectivity index (χ3n) is 6.27. The quantitative estimate of drug-likeness (QED) is 0.947. The number of benzene rings is 1. The number of hydrogen-bond donors (Lipinski definition) is 1. The molecule has 1 aromatic heterocycles. The van der Waals surface area contributed by atoms with Gasteiger partial charge in [-0.25, -0.2) is 4.68 Å². The minimum Gasteiger partial charge on any atom is -0.351 e. The number of nitrogens with one attached hydrogen (secondary N) is 1. The van der Waals surface area contributed by atoms with E-state index >= 15 is 0 Å². The Balaban J connectivity index is 1.30. The first-order chi connectivity index (χ1) is 11.3. The van der Waals surface area contributed by atoms with Gasteiger partial charge in [-0.1, -0.05) is 17.3 Å². The van der Waals surface area contributed by atoms with Gasteiger partial charge in [-0.2, -0.15) is 0 Å². The highest BCUT2D eigenvalue weighted by atomic mass is 16.2. The predicted molar refractivity (Wildman–Crippen MR) is 86.5 cm³/mol. The fourth-order valence-corrected chi connectivity index (χ4v) is 5.56. The Kier molecular flexibility index (Phi) is 2.97. The van der Waals surface area contributed by atoms with Crippen molar-refractivity contribution in [1.29, 1.82) is 0 Å². The van der Waals surface area contributed by atoms with Gasteiger partial charge < -0.3 is 5.32 Å². The molecule has 0 aliphatic heterocycles. The second-order valence-corrected chi connectivity index (χ2v) is 7.76. The predicted octanol–water partition coefficient (Wildman–Crippen LogP) is 2.37. The summed E-state index contributed by atoms with van der Waals surface area (Å²) < 4.78 is 1.71. The van der Waals surface area contributed by atoms with Crippen molar-refractivity contribution in [3.63, 3.8) is 0 Å². The average molecular weight is 310 g/mol. The minimum absolute atomic E-state index is 0.0816. The first kappa shape index (κ1) is 13.5. The van der Waals surface area contributed by atoms with Crippen molar-refractivity contribution < 1.29 is 4.79 Å². The monoisotopic (exact) mass is 310 g/mol. The van der Waals surface area contributed by atoms with Crippen LogP contribution in [0.15, 0.2) is 24.3 Å². The topological polar surface area (TPSA) is 59.8 Å². The Morgan fingerprint density at radius 2 is 1.78 bits per heavy atom. The van der Waals surface area contributed by atoms with Gasteiger partial charge in [0.2, 0.25) is 5.91 Å². The summed E-state index contributed by atoms with van der Waals surface area (Å²) in [7, 11) is 0. The van der Waals surface area contributed by atoms with Gasteiger partial charge in [0.25, 0.3) is 0 Å². The van der Waals surface area contributed by atoms with Crippen molar-refractivity contribution in [2.24, 2.45) is 23.7 Å². The number of fused-ring (bicyclic) bond motifs is 1. The van der Waals surface area contributed by atoms with Gasteiger partial charge in [-0.05, 0) is 67.9 Å². The third-order valence-corrected chi connectivity index (χ3v) is 6.27. The number of para-hydroxylation sites is 1. The molecule has 23 heavy (non-hydrogen) atoms. The molecule has 1 heterocycles. The smallest absolute Gasteiger partial charge is 0.242 e. The molecule has 5 heteroatoms. The van der Waals surface area contributed by atoms with E-state index in [9.17, 15) is 4.79 Å². The van der Waals surface area contributed by atoms with E-state index in [1.54, 1.807) is 4.68 Å². The van der Waals surface area contributed by atoms with Gasteiger partial charge in [-0.15, -0.1) is 5.10 Å². The summed E-state index contributed by atoms with van der Waals surface area (Å²) in [5, 5.41) is 11.6. The zero-order valence-electron chi connectivity index (χ0n) is 13.2. The standard InChI is InChI=1S/C18H22N4O/c23-17(10-22-16-4-2-1-3-15(16)20-21-22)19-18-13-6-11-5-12(8-13)9-14(18)7-11/h1-4,11-14,18H,5-10H2,(H,19,23). The van der Waals surface area contributed by atoms with Crippen LogP contribution in [0.4, 0.5) is 0 Å². The third kappa shape index (κ3) is 2.25. The van der Waals surface area contributed by atoms with Crippen molar-refractivity contribution >= 4 is 16.9 Å². The first-order valence-electron chi connectivity index (χ1n) is 8.84. The summed E-state index contributed by atoms with van der Waals surface area (Å²) in [6.07, 6.45) is 6.74. The Morgan fingerprint density at radius 1 is 1.09 bits per heavy atom. The molecular weight excluding hydrogens is 288 g/mol. The minimum atomic E-state index is 0.0816. The number of carbonyl (C=O) groups is 1. The SMILES string of the molecule is O=C(Cn1nnc2ccccc21)NC1C2CC3CC(C2)CC1C3. The van der Waals surface area contributed by atoms with E-state index < -0.39 is 0 Å². The molecular formula is C18H22N4O. The van der Waals surface area contributed by atoms with Gasteiger partial charge in [0.05, 0.1) is 5.52 Å². The molecule has 1 N–H and O–H groups in total. The van der Waals surface area contributed by atoms with E-state index in [0.29, 0.717) is 17.9 Å². The molecule has 1 amide bonds. The van der Waals surface area contributed by atoms with E-state index in [4.69, 9.17) is 0 Å². The number of hydrogen-bond acceptors (Lipinski definition) is 3. The molecule has 4 saturated carbocycles. The van der Waals surface area contributed by atoms with Crippen LogP contribution in [0.1, 0.15) is 32.1 Å². The normalized spacial score (nSPS) is 34.9. The molecule has 0 radical (unpaired) electrons. The highest BCUT2D eigenvalue weighted by Crippen LogP contribution is 2.53. The molecule has 0 saturated heterocycles. The van der Waals surface area contributed by atoms with E-state index in [1.165, 1.54) is 32.1 Å². The molecule has 4 bridgehead atoms. The largest absolute Gasteiger partial charge is 0.351 e. The van der Waals surface area contributed by atoms with Crippen molar-refractivity contribution in [2.45, 2.75) is 44.7 Å². The van der Waals surface area contributed by atoms with Crippen molar-refractivity contribution in [2.75, 3.05) is 0 Å². The number of amides is 1. The molecule has 6 rings (SSSR count). The van der Waals surface area contributed by atoms with Gasteiger partial charge in [0.1, 0.15) is 12.1 Å². The van der Waals surface area contributed by atoms with Crippen molar-refractivity contribution in [3.05, 3.63) is 24.3 Å². The summed E-state index contributed by atoms with van der Waals surface area (Å²) in [5.41, 5.74) is 1.77. The molecule has 120 valence electrons. The highest BCUT2D eigenvalue weighted by molar-refractivity contribution is 5.80. The molecule has 0 unspecified atom stereocenters. The van der Waals surface area contributed by atoms with E-state index in [0.717, 1.165) is 22.9 Å². The van der Waals surface area contributed by atoms with Crippen LogP contribution in [0, 0.1) is 23.7 Å². The maximum atomic E-state index is 12.5. The zero-order valence-corrected chi connectivity index (χ0v) is 13.2. The number of nitrogens with zero attached hydrogens (tertiary/aromatic N) is 3. The summed E-state index contributed by atoms with van der Waals surface area (Å²) in [6.45, 7) is 0.267. The summed E-state index contributed by atoms with van der Waals surface area (Å²) in [4.78, 5) is 12.5. The van der Waals surface area contributed by atoms with Crippen molar-refractivity contribution in [1.82, 2.24) is 20.3 Å². The van der Waals surface area contributed by atoms with Crippen LogP contribution < -0.4 is 5.32 Å². The van der Waals surface area contributed by atoms with Crippen LogP contribution in [0.3, 0.4) is 0 Å². The Labute approximate surface area is 135 Å². The molecule has 4 aliphatic rings. The number of rotatable bonds is 3. The summed E-state index contributed by atoms with van der Waals surface area (Å²) in [5.74, 6) is 3.37. The fourth-order valence-electron chi connectivity index (χ4n) is 5.56. The summed E-state index contributed by atoms with van der Waals surface area (Å²) >= 11 is 0. The Morgan fingerprint density at radius 3 is 2.52 bits per heavy atom. The number of aromatic nitrogens is 3. The first-order valence-corrected chi connectivity index (χ1v) is 8.84. The Hall–Kier alpha value is -1.91. The molecule has 4 fully saturated rings. The molecule has 5 nitrogen and oxygen atoms in total. The van der Waals surface area contributed by atoms with Crippen LogP contribution in [0.5, 0.6) is 0 Å². The lowest BCUT2D eigenvalue weighted by Gasteiger charge is -2.54. The average Bonchev–Trinajstić information content (AvgIpc) is 2.93. The maximum Gasteiger partial charge on any atom is 0.242 e. The molecule has 0 spiro atoms. The number of carbonyl (C=O) groups excluding carboxylic acids is 1. The second-order valence-electron chi connectivity index (χ2n) is 7.76. The lowest BCUT2D eigenvalue weighted by molar-refractivity contribution is -0.125. The van der Waals surface area contributed by atoms with Crippen LogP contribution >= 0.6 is 0 Å². The van der Waals surface area contributed by atoms with Gasteiger partial charge in [0, 0.05) is 6.04 Å². The van der Waals surface area contributed by atoms with Gasteiger partial charge in [0.15, 0.2) is 0 Å². The molecule has 2 aromatic rings. The van der Waals surface area contributed by atoms with Crippen LogP contribution in [0.2, 0.25) is 0 Å². The van der Waals surface area contributed by atoms with Crippen LogP contribution in [0.25, 0.3) is 11.0 Å². The van der Waals surface area contributed by atoms with E-state index in [1.807, 2.05) is 24.3 Å². The summed E-state index contributed by atoms with van der Waals surface area (Å²) in [6, 6.07) is 8.18. The maximum absolute atomic E-state index is 12.5. The zero-order chi connectivity index (χ0) is 15.4. The second kappa shape index (κ2) is 5.05. The lowest BCUT2D eigenvalue weighted by atomic mass is 9.54. The van der Waals surface area contributed by atoms with Crippen molar-refractivity contribution in [3.8, 4) is 0 Å². The van der Waals surface area contributed by atoms with E-state index in [-0.39, 0.29) is 12.5 Å². The van der Waals surface area contributed by atoms with Gasteiger partial charge in [-0.3, -0.25) is 4.79 Å². The molecule has 4 aliphatic carbocycles. The van der Waals surface area contributed by atoms with Crippen LogP contribution in [-0.2, 0) is 11.3 Å². The Bertz CT molecular complexity index is 724. The molecule has 1 aromatic carbocycles. The molecule has 0 atom stereocenters. The van der Waals surface area contributed by atoms with Gasteiger partial charge >= 0.3 is 0 Å². The highest BCUT2D eigenvalue weighted by Gasteiger charge is 2.48. The fraction of sp³-hybridized carbons (Fsp3) is 0.611. The lowest BCUT2D eigenvalue weighted by Crippen LogP contribution is -2.56. The van der Waals surface area contributed by atoms with E-state index in [2.05, 4.69) is 15.6 Å².